The third-order valence-electron chi connectivity index (χ3n) is 5.45. The average Bonchev–Trinajstić information content (AvgIpc) is 3.47. The topological polar surface area (TPSA) is 75.0 Å². The SMILES string of the molecule is COc1ccc(N2C(=O)C3C(c4ccco4)NN(c4ccccc4)C3C2=O)cc1. The molecule has 3 unspecified atom stereocenters. The molecule has 3 aromatic rings. The van der Waals surface area contributed by atoms with Gasteiger partial charge in [-0.25, -0.2) is 10.3 Å². The van der Waals surface area contributed by atoms with Crippen LogP contribution in [-0.4, -0.2) is 25.0 Å². The molecule has 2 fully saturated rings. The van der Waals surface area contributed by atoms with E-state index in [1.807, 2.05) is 36.4 Å². The molecule has 5 rings (SSSR count). The van der Waals surface area contributed by atoms with Gasteiger partial charge in [-0.05, 0) is 48.5 Å². The number of ether oxygens (including phenoxy) is 1. The number of fused-ring (bicyclic) bond motifs is 1. The van der Waals surface area contributed by atoms with Crippen molar-refractivity contribution in [3.05, 3.63) is 78.8 Å². The average molecular weight is 389 g/mol. The van der Waals surface area contributed by atoms with E-state index in [0.29, 0.717) is 17.2 Å². The Balaban J connectivity index is 1.57. The molecule has 146 valence electrons. The number of furan rings is 1. The summed E-state index contributed by atoms with van der Waals surface area (Å²) in [6.45, 7) is 0. The first kappa shape index (κ1) is 17.5. The third kappa shape index (κ3) is 2.70. The van der Waals surface area contributed by atoms with Gasteiger partial charge < -0.3 is 9.15 Å². The number of hydrazine groups is 1. The standard InChI is InChI=1S/C22H19N3O4/c1-28-16-11-9-14(10-12-16)24-21(26)18-19(17-8-5-13-29-17)23-25(20(18)22(24)27)15-6-3-2-4-7-15/h2-13,18-20,23H,1H3. The lowest BCUT2D eigenvalue weighted by atomic mass is 9.94. The number of hydrogen-bond donors (Lipinski definition) is 1. The molecule has 3 atom stereocenters. The van der Waals surface area contributed by atoms with E-state index in [-0.39, 0.29) is 11.8 Å². The number of benzene rings is 2. The molecule has 0 saturated carbocycles. The highest BCUT2D eigenvalue weighted by molar-refractivity contribution is 6.25. The molecule has 7 heteroatoms. The fraction of sp³-hybridized carbons (Fsp3) is 0.182. The van der Waals surface area contributed by atoms with Crippen LogP contribution < -0.4 is 20.1 Å². The first-order chi connectivity index (χ1) is 14.2. The number of carbonyl (C=O) groups excluding carboxylic acids is 2. The van der Waals surface area contributed by atoms with Crippen molar-refractivity contribution in [2.45, 2.75) is 12.1 Å². The second kappa shape index (κ2) is 6.79. The minimum atomic E-state index is -0.665. The van der Waals surface area contributed by atoms with Gasteiger partial charge >= 0.3 is 0 Å². The number of para-hydroxylation sites is 1. The molecule has 7 nitrogen and oxygen atoms in total. The molecule has 1 aromatic heterocycles. The zero-order chi connectivity index (χ0) is 20.0. The lowest BCUT2D eigenvalue weighted by Gasteiger charge is -2.26. The number of rotatable bonds is 4. The Morgan fingerprint density at radius 1 is 0.897 bits per heavy atom. The maximum Gasteiger partial charge on any atom is 0.258 e. The lowest BCUT2D eigenvalue weighted by Crippen LogP contribution is -2.45. The molecule has 3 heterocycles. The van der Waals surface area contributed by atoms with Gasteiger partial charge in [0, 0.05) is 0 Å². The van der Waals surface area contributed by atoms with Gasteiger partial charge in [-0.3, -0.25) is 14.6 Å². The summed E-state index contributed by atoms with van der Waals surface area (Å²) in [5.41, 5.74) is 4.66. The predicted molar refractivity (Wildman–Crippen MR) is 106 cm³/mol. The van der Waals surface area contributed by atoms with E-state index in [0.717, 1.165) is 5.69 Å². The number of methoxy groups -OCH3 is 1. The molecule has 0 aliphatic carbocycles. The normalized spacial score (nSPS) is 23.6. The van der Waals surface area contributed by atoms with E-state index >= 15 is 0 Å². The number of nitrogens with zero attached hydrogens (tertiary/aromatic N) is 2. The van der Waals surface area contributed by atoms with Gasteiger partial charge in [0.25, 0.3) is 5.91 Å². The minimum Gasteiger partial charge on any atom is -0.497 e. The van der Waals surface area contributed by atoms with Crippen LogP contribution in [0.4, 0.5) is 11.4 Å². The molecule has 2 amide bonds. The van der Waals surface area contributed by atoms with Gasteiger partial charge in [-0.15, -0.1) is 0 Å². The van der Waals surface area contributed by atoms with E-state index in [2.05, 4.69) is 5.43 Å². The Labute approximate surface area is 167 Å². The van der Waals surface area contributed by atoms with Crippen molar-refractivity contribution < 1.29 is 18.7 Å². The maximum absolute atomic E-state index is 13.4. The van der Waals surface area contributed by atoms with Crippen molar-refractivity contribution in [3.63, 3.8) is 0 Å². The Hall–Kier alpha value is -3.58. The summed E-state index contributed by atoms with van der Waals surface area (Å²) in [6, 6.07) is 18.9. The van der Waals surface area contributed by atoms with Crippen molar-refractivity contribution in [3.8, 4) is 5.75 Å². The first-order valence-corrected chi connectivity index (χ1v) is 9.35. The fourth-order valence-electron chi connectivity index (χ4n) is 4.10. The molecule has 1 N–H and O–H groups in total. The summed E-state index contributed by atoms with van der Waals surface area (Å²) in [7, 11) is 1.57. The van der Waals surface area contributed by atoms with Crippen molar-refractivity contribution in [1.82, 2.24) is 5.43 Å². The van der Waals surface area contributed by atoms with Crippen molar-refractivity contribution in [2.75, 3.05) is 17.0 Å². The van der Waals surface area contributed by atoms with E-state index in [1.54, 1.807) is 48.7 Å². The molecule has 0 bridgehead atoms. The van der Waals surface area contributed by atoms with E-state index in [1.165, 1.54) is 4.90 Å². The fourth-order valence-corrected chi connectivity index (χ4v) is 4.10. The van der Waals surface area contributed by atoms with Gasteiger partial charge in [0.05, 0.1) is 36.7 Å². The van der Waals surface area contributed by atoms with Crippen LogP contribution >= 0.6 is 0 Å². The van der Waals surface area contributed by atoms with E-state index in [9.17, 15) is 9.59 Å². The zero-order valence-corrected chi connectivity index (χ0v) is 15.7. The van der Waals surface area contributed by atoms with Crippen molar-refractivity contribution in [2.24, 2.45) is 5.92 Å². The number of amides is 2. The molecule has 2 saturated heterocycles. The zero-order valence-electron chi connectivity index (χ0n) is 15.7. The quantitative estimate of drug-likeness (QED) is 0.692. The molecule has 0 spiro atoms. The van der Waals surface area contributed by atoms with Crippen LogP contribution in [0.5, 0.6) is 5.75 Å². The van der Waals surface area contributed by atoms with Crippen LogP contribution in [-0.2, 0) is 9.59 Å². The number of hydrogen-bond acceptors (Lipinski definition) is 6. The Morgan fingerprint density at radius 3 is 2.31 bits per heavy atom. The summed E-state index contributed by atoms with van der Waals surface area (Å²) in [5.74, 6) is 0.161. The van der Waals surface area contributed by atoms with Crippen LogP contribution in [0.1, 0.15) is 11.8 Å². The van der Waals surface area contributed by atoms with Gasteiger partial charge in [-0.2, -0.15) is 0 Å². The molecule has 0 radical (unpaired) electrons. The second-order valence-corrected chi connectivity index (χ2v) is 7.01. The Kier molecular flexibility index (Phi) is 4.10. The maximum atomic E-state index is 13.4. The Bertz CT molecular complexity index is 1030. The molecular weight excluding hydrogens is 370 g/mol. The number of imide groups is 1. The molecule has 29 heavy (non-hydrogen) atoms. The molecule has 2 aliphatic rings. The monoisotopic (exact) mass is 389 g/mol. The highest BCUT2D eigenvalue weighted by Gasteiger charge is 2.60. The summed E-state index contributed by atoms with van der Waals surface area (Å²) in [5, 5.41) is 1.78. The number of nitrogens with one attached hydrogen (secondary N) is 1. The highest BCUT2D eigenvalue weighted by atomic mass is 16.5. The minimum absolute atomic E-state index is 0.252. The van der Waals surface area contributed by atoms with Crippen molar-refractivity contribution in [1.29, 1.82) is 0 Å². The molecule has 2 aromatic carbocycles. The Morgan fingerprint density at radius 2 is 1.66 bits per heavy atom. The van der Waals surface area contributed by atoms with E-state index < -0.39 is 18.0 Å². The number of carbonyl (C=O) groups is 2. The molecule has 2 aliphatic heterocycles. The van der Waals surface area contributed by atoms with Gasteiger partial charge in [-0.1, -0.05) is 18.2 Å². The van der Waals surface area contributed by atoms with Gasteiger partial charge in [0.15, 0.2) is 0 Å². The highest BCUT2D eigenvalue weighted by Crippen LogP contribution is 2.43. The van der Waals surface area contributed by atoms with Crippen LogP contribution in [0, 0.1) is 5.92 Å². The molecular formula is C22H19N3O4. The third-order valence-corrected chi connectivity index (χ3v) is 5.45. The largest absolute Gasteiger partial charge is 0.497 e. The predicted octanol–water partition coefficient (Wildman–Crippen LogP) is 2.91. The first-order valence-electron chi connectivity index (χ1n) is 9.35. The smallest absolute Gasteiger partial charge is 0.258 e. The number of anilines is 2. The summed E-state index contributed by atoms with van der Waals surface area (Å²) in [6.07, 6.45) is 1.57. The second-order valence-electron chi connectivity index (χ2n) is 7.01. The van der Waals surface area contributed by atoms with Crippen LogP contribution in [0.15, 0.2) is 77.4 Å². The van der Waals surface area contributed by atoms with E-state index in [4.69, 9.17) is 9.15 Å². The van der Waals surface area contributed by atoms with Crippen LogP contribution in [0.25, 0.3) is 0 Å². The summed E-state index contributed by atoms with van der Waals surface area (Å²) >= 11 is 0. The van der Waals surface area contributed by atoms with Gasteiger partial charge in [0.2, 0.25) is 5.91 Å². The van der Waals surface area contributed by atoms with Crippen LogP contribution in [0.2, 0.25) is 0 Å². The van der Waals surface area contributed by atoms with Crippen molar-refractivity contribution >= 4 is 23.2 Å². The summed E-state index contributed by atoms with van der Waals surface area (Å²) < 4.78 is 10.8. The summed E-state index contributed by atoms with van der Waals surface area (Å²) in [4.78, 5) is 28.1. The van der Waals surface area contributed by atoms with Gasteiger partial charge in [0.1, 0.15) is 17.6 Å². The lowest BCUT2D eigenvalue weighted by molar-refractivity contribution is -0.122. The van der Waals surface area contributed by atoms with Crippen LogP contribution in [0.3, 0.4) is 0 Å².